The molecule has 1 fully saturated rings. The van der Waals surface area contributed by atoms with E-state index in [0.717, 1.165) is 6.42 Å². The average molecular weight is 662 g/mol. The van der Waals surface area contributed by atoms with Crippen molar-refractivity contribution in [1.29, 1.82) is 0 Å². The molecule has 34 heavy (non-hydrogen) atoms. The first-order valence-electron chi connectivity index (χ1n) is 12.0. The Kier molecular flexibility index (Phi) is 12.7. The number of rotatable bonds is 0. The number of benzene rings is 2. The van der Waals surface area contributed by atoms with E-state index in [1.165, 1.54) is 59.1 Å². The maximum atomic E-state index is 3.53. The van der Waals surface area contributed by atoms with Crippen molar-refractivity contribution in [3.63, 3.8) is 0 Å². The monoisotopic (exact) mass is 658 g/mol. The Morgan fingerprint density at radius 2 is 1.35 bits per heavy atom. The van der Waals surface area contributed by atoms with Gasteiger partial charge in [0.05, 0.1) is 0 Å². The molecule has 0 spiro atoms. The SMILES string of the molecule is CC(C)(C)c1c[c-]c2c(c1)-c1cc(C(C)(C)C)ccc1C2.[Br-].[Br-].[Zr+2]=[C]1CCCC1.c1cc[cH-]c1. The summed E-state index contributed by atoms with van der Waals surface area (Å²) in [5.41, 5.74) is 8.76. The van der Waals surface area contributed by atoms with Crippen LogP contribution in [0.1, 0.15) is 89.5 Å². The number of hydrogen-bond donors (Lipinski definition) is 0. The van der Waals surface area contributed by atoms with Gasteiger partial charge in [0.2, 0.25) is 0 Å². The maximum Gasteiger partial charge on any atom is -0.172 e. The Morgan fingerprint density at radius 3 is 1.79 bits per heavy atom. The third-order valence-electron chi connectivity index (χ3n) is 6.29. The van der Waals surface area contributed by atoms with Crippen LogP contribution in [0.25, 0.3) is 11.1 Å². The van der Waals surface area contributed by atoms with E-state index >= 15 is 0 Å². The minimum Gasteiger partial charge on any atom is -0.214 e. The summed E-state index contributed by atoms with van der Waals surface area (Å²) in [7, 11) is 0. The molecule has 182 valence electrons. The molecule has 2 aliphatic rings. The van der Waals surface area contributed by atoms with Gasteiger partial charge in [0.25, 0.3) is 0 Å². The minimum atomic E-state index is 0. The molecule has 0 aromatic heterocycles. The van der Waals surface area contributed by atoms with E-state index in [-0.39, 0.29) is 44.8 Å². The van der Waals surface area contributed by atoms with Crippen molar-refractivity contribution in [2.24, 2.45) is 0 Å². The van der Waals surface area contributed by atoms with Crippen LogP contribution < -0.4 is 34.0 Å². The van der Waals surface area contributed by atoms with E-state index in [4.69, 9.17) is 0 Å². The first kappa shape index (κ1) is 31.5. The Bertz CT molecular complexity index is 948. The Hall–Kier alpha value is -0.497. The fourth-order valence-electron chi connectivity index (χ4n) is 4.11. The quantitative estimate of drug-likeness (QED) is 0.254. The van der Waals surface area contributed by atoms with Crippen LogP contribution >= 0.6 is 0 Å². The van der Waals surface area contributed by atoms with Crippen molar-refractivity contribution in [2.75, 3.05) is 0 Å². The molecule has 3 heteroatoms. The van der Waals surface area contributed by atoms with Crippen LogP contribution in [0.3, 0.4) is 0 Å². The smallest absolute Gasteiger partial charge is 0.172 e. The minimum absolute atomic E-state index is 0. The standard InChI is InChI=1S/C21H25.C5H8.C5H5.2BrH.Zr/c1-20(2,3)16-9-7-14-11-15-8-10-17(21(4,5)6)13-19(15)18(14)12-16;2*1-2-4-5-3-1;;;/h7,9-10,12-13H,11H2,1-6H3;1-4H2;1-5H;2*1H;/q-1;;-1;;;+2/p-2. The van der Waals surface area contributed by atoms with E-state index in [1.54, 1.807) is 27.4 Å². The van der Waals surface area contributed by atoms with Crippen molar-refractivity contribution in [3.05, 3.63) is 89.0 Å². The summed E-state index contributed by atoms with van der Waals surface area (Å²) in [5, 5.41) is 0. The van der Waals surface area contributed by atoms with Crippen molar-refractivity contribution >= 4 is 3.21 Å². The van der Waals surface area contributed by atoms with Crippen LogP contribution in [0.5, 0.6) is 0 Å². The van der Waals surface area contributed by atoms with Crippen LogP contribution in [-0.4, -0.2) is 3.21 Å². The first-order chi connectivity index (χ1) is 15.1. The van der Waals surface area contributed by atoms with Crippen molar-refractivity contribution < 1.29 is 58.2 Å². The Morgan fingerprint density at radius 1 is 0.794 bits per heavy atom. The van der Waals surface area contributed by atoms with Crippen LogP contribution in [-0.2, 0) is 41.5 Å². The van der Waals surface area contributed by atoms with Crippen LogP contribution in [0, 0.1) is 6.07 Å². The van der Waals surface area contributed by atoms with Crippen LogP contribution in [0.15, 0.2) is 60.7 Å². The van der Waals surface area contributed by atoms with Gasteiger partial charge in [-0.3, -0.25) is 0 Å². The van der Waals surface area contributed by atoms with E-state index in [9.17, 15) is 0 Å². The van der Waals surface area contributed by atoms with Gasteiger partial charge in [-0.1, -0.05) is 76.3 Å². The summed E-state index contributed by atoms with van der Waals surface area (Å²) in [4.78, 5) is 0. The van der Waals surface area contributed by atoms with Gasteiger partial charge < -0.3 is 34.0 Å². The molecule has 0 bridgehead atoms. The molecular weight excluding hydrogens is 623 g/mol. The molecule has 0 radical (unpaired) electrons. The van der Waals surface area contributed by atoms with Crippen molar-refractivity contribution in [1.82, 2.24) is 0 Å². The molecule has 0 atom stereocenters. The normalized spacial score (nSPS) is 13.8. The van der Waals surface area contributed by atoms with Crippen LogP contribution in [0.2, 0.25) is 0 Å². The van der Waals surface area contributed by atoms with E-state index in [0.29, 0.717) is 0 Å². The molecule has 0 aliphatic heterocycles. The summed E-state index contributed by atoms with van der Waals surface area (Å²) < 4.78 is 1.79. The molecule has 0 unspecified atom stereocenters. The molecule has 0 saturated heterocycles. The molecular formula is C31H38Br2Zr-2. The summed E-state index contributed by atoms with van der Waals surface area (Å²) in [6.45, 7) is 13.6. The Labute approximate surface area is 244 Å². The average Bonchev–Trinajstić information content (AvgIpc) is 3.49. The summed E-state index contributed by atoms with van der Waals surface area (Å²) in [6.07, 6.45) is 6.86. The third kappa shape index (κ3) is 8.86. The summed E-state index contributed by atoms with van der Waals surface area (Å²) in [6, 6.07) is 25.1. The second kappa shape index (κ2) is 13.7. The Balaban J connectivity index is 0.000000367. The van der Waals surface area contributed by atoms with Gasteiger partial charge >= 0.3 is 53.1 Å². The van der Waals surface area contributed by atoms with Gasteiger partial charge in [-0.15, -0.1) is 5.56 Å². The first-order valence-corrected chi connectivity index (χ1v) is 13.2. The molecule has 2 aliphatic carbocycles. The zero-order valence-corrected chi connectivity index (χ0v) is 27.2. The molecule has 0 heterocycles. The van der Waals surface area contributed by atoms with E-state index in [2.05, 4.69) is 77.9 Å². The zero-order chi connectivity index (χ0) is 23.4. The van der Waals surface area contributed by atoms with Gasteiger partial charge in [0.1, 0.15) is 0 Å². The van der Waals surface area contributed by atoms with E-state index < -0.39 is 0 Å². The second-order valence-corrected chi connectivity index (χ2v) is 12.8. The topological polar surface area (TPSA) is 0 Å². The van der Waals surface area contributed by atoms with Crippen molar-refractivity contribution in [2.45, 2.75) is 84.5 Å². The largest absolute Gasteiger partial charge is 0.214 e. The zero-order valence-electron chi connectivity index (χ0n) is 21.6. The predicted molar refractivity (Wildman–Crippen MR) is 136 cm³/mol. The molecule has 3 aromatic carbocycles. The van der Waals surface area contributed by atoms with Crippen molar-refractivity contribution in [3.8, 4) is 11.1 Å². The summed E-state index contributed by atoms with van der Waals surface area (Å²) in [5.74, 6) is 0. The van der Waals surface area contributed by atoms with Gasteiger partial charge in [-0.05, 0) is 17.4 Å². The number of halogens is 2. The van der Waals surface area contributed by atoms with Gasteiger partial charge in [-0.25, -0.2) is 12.1 Å². The molecule has 5 rings (SSSR count). The van der Waals surface area contributed by atoms with Gasteiger partial charge in [-0.2, -0.15) is 47.5 Å². The summed E-state index contributed by atoms with van der Waals surface area (Å²) >= 11 is 1.68. The van der Waals surface area contributed by atoms with Crippen LogP contribution in [0.4, 0.5) is 0 Å². The van der Waals surface area contributed by atoms with Gasteiger partial charge in [0.15, 0.2) is 0 Å². The maximum absolute atomic E-state index is 3.53. The molecule has 0 nitrogen and oxygen atoms in total. The van der Waals surface area contributed by atoms with E-state index in [1.807, 2.05) is 30.3 Å². The molecule has 1 saturated carbocycles. The number of hydrogen-bond acceptors (Lipinski definition) is 0. The molecule has 0 amide bonds. The predicted octanol–water partition coefficient (Wildman–Crippen LogP) is 2.35. The molecule has 0 N–H and O–H groups in total. The fraction of sp³-hybridized carbons (Fsp3) is 0.419. The third-order valence-corrected chi connectivity index (χ3v) is 7.52. The number of fused-ring (bicyclic) bond motifs is 3. The van der Waals surface area contributed by atoms with Gasteiger partial charge in [0, 0.05) is 0 Å². The molecule has 3 aromatic rings. The second-order valence-electron chi connectivity index (χ2n) is 11.1. The fourth-order valence-corrected chi connectivity index (χ4v) is 4.98.